The highest BCUT2D eigenvalue weighted by atomic mass is 35.5. The molecule has 4 rings (SSSR count). The molecule has 0 bridgehead atoms. The van der Waals surface area contributed by atoms with Gasteiger partial charge in [0.1, 0.15) is 0 Å². The van der Waals surface area contributed by atoms with Gasteiger partial charge >= 0.3 is 0 Å². The first-order valence-electron chi connectivity index (χ1n) is 10.1. The summed E-state index contributed by atoms with van der Waals surface area (Å²) >= 11 is 5.95. The predicted octanol–water partition coefficient (Wildman–Crippen LogP) is 5.62. The van der Waals surface area contributed by atoms with Gasteiger partial charge in [0.15, 0.2) is 0 Å². The van der Waals surface area contributed by atoms with Crippen molar-refractivity contribution in [2.45, 2.75) is 37.1 Å². The Balaban J connectivity index is 1.85. The molecule has 2 unspecified atom stereocenters. The zero-order chi connectivity index (χ0) is 21.5. The molecule has 2 atom stereocenters. The van der Waals surface area contributed by atoms with Crippen LogP contribution >= 0.6 is 11.6 Å². The summed E-state index contributed by atoms with van der Waals surface area (Å²) in [4.78, 5) is 6.64. The van der Waals surface area contributed by atoms with E-state index < -0.39 is 9.84 Å². The second-order valence-corrected chi connectivity index (χ2v) is 10.6. The summed E-state index contributed by atoms with van der Waals surface area (Å²) in [5, 5.41) is 0.440. The van der Waals surface area contributed by atoms with E-state index in [0.717, 1.165) is 30.6 Å². The average Bonchev–Trinajstić information content (AvgIpc) is 3.14. The van der Waals surface area contributed by atoms with E-state index in [1.807, 2.05) is 36.1 Å². The lowest BCUT2D eigenvalue weighted by Gasteiger charge is -2.34. The maximum Gasteiger partial charge on any atom is 0.236 e. The van der Waals surface area contributed by atoms with Crippen molar-refractivity contribution in [3.63, 3.8) is 0 Å². The molecule has 7 heteroatoms. The summed E-state index contributed by atoms with van der Waals surface area (Å²) in [7, 11) is -3.87. The first kappa shape index (κ1) is 20.9. The van der Waals surface area contributed by atoms with E-state index in [0.29, 0.717) is 28.6 Å². The molecule has 1 aliphatic rings. The number of aromatic nitrogens is 1. The number of benzene rings is 2. The minimum absolute atomic E-state index is 0.0401. The van der Waals surface area contributed by atoms with Gasteiger partial charge in [-0.15, -0.1) is 0 Å². The molecule has 0 radical (unpaired) electrons. The first-order valence-corrected chi connectivity index (χ1v) is 11.9. The van der Waals surface area contributed by atoms with Crippen LogP contribution in [-0.4, -0.2) is 26.5 Å². The number of halogens is 1. The topological polar surface area (TPSA) is 63.4 Å². The smallest absolute Gasteiger partial charge is 0.236 e. The molecule has 0 N–H and O–H groups in total. The highest BCUT2D eigenvalue weighted by Crippen LogP contribution is 2.37. The van der Waals surface area contributed by atoms with Gasteiger partial charge in [0.2, 0.25) is 26.6 Å². The normalized spacial score (nSPS) is 19.8. The second kappa shape index (κ2) is 8.08. The number of oxazole rings is 1. The summed E-state index contributed by atoms with van der Waals surface area (Å²) in [6, 6.07) is 13.8. The highest BCUT2D eigenvalue weighted by Gasteiger charge is 2.34. The van der Waals surface area contributed by atoms with Crippen LogP contribution in [-0.2, 0) is 9.84 Å². The zero-order valence-electron chi connectivity index (χ0n) is 17.3. The van der Waals surface area contributed by atoms with E-state index in [1.165, 1.54) is 12.1 Å². The van der Waals surface area contributed by atoms with Gasteiger partial charge in [-0.25, -0.2) is 8.42 Å². The lowest BCUT2D eigenvalue weighted by Crippen LogP contribution is -2.39. The molecule has 0 aliphatic carbocycles. The van der Waals surface area contributed by atoms with Crippen LogP contribution < -0.4 is 4.90 Å². The van der Waals surface area contributed by atoms with Crippen LogP contribution in [0.5, 0.6) is 0 Å². The Labute approximate surface area is 182 Å². The zero-order valence-corrected chi connectivity index (χ0v) is 18.9. The van der Waals surface area contributed by atoms with E-state index in [1.54, 1.807) is 12.1 Å². The Morgan fingerprint density at radius 1 is 1.00 bits per heavy atom. The van der Waals surface area contributed by atoms with Crippen LogP contribution in [0.3, 0.4) is 0 Å². The molecule has 1 aliphatic heterocycles. The van der Waals surface area contributed by atoms with Crippen molar-refractivity contribution in [3.8, 4) is 11.5 Å². The van der Waals surface area contributed by atoms with Crippen molar-refractivity contribution in [1.82, 2.24) is 4.98 Å². The van der Waals surface area contributed by atoms with E-state index in [4.69, 9.17) is 16.0 Å². The summed E-state index contributed by atoms with van der Waals surface area (Å²) in [5.41, 5.74) is 1.86. The molecule has 2 heterocycles. The van der Waals surface area contributed by atoms with Gasteiger partial charge in [0, 0.05) is 23.7 Å². The van der Waals surface area contributed by atoms with Gasteiger partial charge in [-0.3, -0.25) is 0 Å². The van der Waals surface area contributed by atoms with Crippen molar-refractivity contribution in [2.24, 2.45) is 11.8 Å². The molecule has 0 saturated carbocycles. The second-order valence-electron chi connectivity index (χ2n) is 8.30. The summed E-state index contributed by atoms with van der Waals surface area (Å²) < 4.78 is 33.1. The van der Waals surface area contributed by atoms with Crippen LogP contribution in [0.2, 0.25) is 5.02 Å². The molecular formula is C23H25ClN2O3S. The quantitative estimate of drug-likeness (QED) is 0.522. The molecule has 158 valence electrons. The first-order chi connectivity index (χ1) is 14.2. The van der Waals surface area contributed by atoms with E-state index in [9.17, 15) is 8.42 Å². The van der Waals surface area contributed by atoms with E-state index >= 15 is 0 Å². The van der Waals surface area contributed by atoms with Crippen LogP contribution in [0.1, 0.15) is 25.8 Å². The minimum Gasteiger partial charge on any atom is -0.419 e. The van der Waals surface area contributed by atoms with E-state index in [2.05, 4.69) is 18.8 Å². The number of piperidine rings is 1. The molecule has 0 spiro atoms. The highest BCUT2D eigenvalue weighted by molar-refractivity contribution is 7.91. The largest absolute Gasteiger partial charge is 0.419 e. The van der Waals surface area contributed by atoms with Gasteiger partial charge < -0.3 is 9.32 Å². The Kier molecular flexibility index (Phi) is 5.64. The van der Waals surface area contributed by atoms with E-state index in [-0.39, 0.29) is 9.92 Å². The molecule has 1 fully saturated rings. The Morgan fingerprint density at radius 3 is 2.20 bits per heavy atom. The van der Waals surface area contributed by atoms with Gasteiger partial charge in [0.05, 0.1) is 4.90 Å². The third-order valence-electron chi connectivity index (χ3n) is 5.41. The number of hydrogen-bond donors (Lipinski definition) is 0. The molecular weight excluding hydrogens is 420 g/mol. The number of nitrogens with zero attached hydrogens (tertiary/aromatic N) is 2. The lowest BCUT2D eigenvalue weighted by molar-refractivity contribution is 0.342. The molecule has 5 nitrogen and oxygen atoms in total. The summed E-state index contributed by atoms with van der Waals surface area (Å²) in [6.45, 7) is 7.81. The fraction of sp³-hybridized carbons (Fsp3) is 0.348. The van der Waals surface area contributed by atoms with Crippen LogP contribution in [0.15, 0.2) is 62.9 Å². The number of sulfone groups is 1. The van der Waals surface area contributed by atoms with Crippen LogP contribution in [0, 0.1) is 18.8 Å². The lowest BCUT2D eigenvalue weighted by atomic mass is 9.92. The molecule has 0 amide bonds. The molecule has 3 aromatic rings. The Hall–Kier alpha value is -2.31. The third kappa shape index (κ3) is 4.12. The molecule has 2 aromatic carbocycles. The monoisotopic (exact) mass is 444 g/mol. The van der Waals surface area contributed by atoms with Crippen LogP contribution in [0.4, 0.5) is 5.88 Å². The van der Waals surface area contributed by atoms with Gasteiger partial charge in [0.25, 0.3) is 0 Å². The van der Waals surface area contributed by atoms with Crippen molar-refractivity contribution in [2.75, 3.05) is 18.0 Å². The molecule has 1 saturated heterocycles. The van der Waals surface area contributed by atoms with Gasteiger partial charge in [-0.2, -0.15) is 4.98 Å². The maximum absolute atomic E-state index is 13.5. The summed E-state index contributed by atoms with van der Waals surface area (Å²) in [6.07, 6.45) is 1.11. The van der Waals surface area contributed by atoms with Crippen molar-refractivity contribution < 1.29 is 12.8 Å². The SMILES string of the molecule is Cc1ccc(-c2nc(S(=O)(=O)c3ccc(Cl)cc3)c(N3CC(C)CC(C)C3)o2)cc1. The standard InChI is InChI=1S/C23H25ClN2O3S/c1-15-4-6-18(7-5-15)21-25-22(30(27,28)20-10-8-19(24)9-11-20)23(29-21)26-13-16(2)12-17(3)14-26/h4-11,16-17H,12-14H2,1-3H3. The average molecular weight is 445 g/mol. The Morgan fingerprint density at radius 2 is 1.60 bits per heavy atom. The summed E-state index contributed by atoms with van der Waals surface area (Å²) in [5.74, 6) is 1.50. The van der Waals surface area contributed by atoms with Crippen molar-refractivity contribution in [1.29, 1.82) is 0 Å². The molecule has 1 aromatic heterocycles. The predicted molar refractivity (Wildman–Crippen MR) is 119 cm³/mol. The van der Waals surface area contributed by atoms with Crippen molar-refractivity contribution >= 4 is 27.3 Å². The number of rotatable bonds is 4. The maximum atomic E-state index is 13.5. The van der Waals surface area contributed by atoms with Crippen molar-refractivity contribution in [3.05, 3.63) is 59.1 Å². The fourth-order valence-corrected chi connectivity index (χ4v) is 5.49. The number of hydrogen-bond acceptors (Lipinski definition) is 5. The Bertz CT molecular complexity index is 1130. The van der Waals surface area contributed by atoms with Gasteiger partial charge in [-0.05, 0) is 61.6 Å². The minimum atomic E-state index is -3.87. The number of aryl methyl sites for hydroxylation is 1. The van der Waals surface area contributed by atoms with Gasteiger partial charge in [-0.1, -0.05) is 43.1 Å². The number of anilines is 1. The fourth-order valence-electron chi connectivity index (χ4n) is 4.05. The van der Waals surface area contributed by atoms with Crippen LogP contribution in [0.25, 0.3) is 11.5 Å². The molecule has 30 heavy (non-hydrogen) atoms. The third-order valence-corrected chi connectivity index (χ3v) is 7.33.